The van der Waals surface area contributed by atoms with Crippen molar-refractivity contribution in [3.63, 3.8) is 0 Å². The average Bonchev–Trinajstić information content (AvgIpc) is 4.32. The van der Waals surface area contributed by atoms with Gasteiger partial charge in [0.1, 0.15) is 60.2 Å². The van der Waals surface area contributed by atoms with E-state index in [4.69, 9.17) is 55.9 Å². The Balaban J connectivity index is 0.000000152. The molecule has 0 unspecified atom stereocenters. The Morgan fingerprint density at radius 1 is 0.514 bits per heavy atom. The molecule has 0 radical (unpaired) electrons. The zero-order valence-electron chi connectivity index (χ0n) is 37.1. The van der Waals surface area contributed by atoms with Crippen LogP contribution in [-0.2, 0) is 0 Å². The Kier molecular flexibility index (Phi) is 11.4. The van der Waals surface area contributed by atoms with Crippen LogP contribution < -0.4 is 30.3 Å². The summed E-state index contributed by atoms with van der Waals surface area (Å²) in [5.74, 6) is -1.03. The van der Waals surface area contributed by atoms with Crippen LogP contribution in [0.5, 0.6) is 23.0 Å². The first-order valence-corrected chi connectivity index (χ1v) is 24.1. The molecule has 14 nitrogen and oxygen atoms in total. The Labute approximate surface area is 420 Å². The van der Waals surface area contributed by atoms with E-state index in [2.05, 4.69) is 0 Å². The molecule has 4 aromatic carbocycles. The highest BCUT2D eigenvalue weighted by atomic mass is 35.5. The topological polar surface area (TPSA) is 150 Å². The molecule has 18 heteroatoms. The van der Waals surface area contributed by atoms with Crippen molar-refractivity contribution in [1.82, 2.24) is 19.2 Å². The van der Waals surface area contributed by atoms with Crippen LogP contribution in [0.1, 0.15) is 81.0 Å². The minimum Gasteiger partial charge on any atom is -0.502 e. The second kappa shape index (κ2) is 17.5. The van der Waals surface area contributed by atoms with Crippen LogP contribution in [0.2, 0.25) is 20.1 Å². The SMILES string of the molecule is O=C1c2c(O)c(=O)ccn2N2CN1C1(/C=C/COc3c(ccc(Cl)c3Cl)[C@@H]2c2ccccc2)CC1.O=C1c2c(O)c(=O)ccn2N2CN1C1(/C=C/COc3c(ccc(Cl)c3Cl)[C@H]2c2ccccc2)CC1. The summed E-state index contributed by atoms with van der Waals surface area (Å²) in [7, 11) is 0. The third-order valence-electron chi connectivity index (χ3n) is 13.8. The van der Waals surface area contributed by atoms with Gasteiger partial charge in [0.25, 0.3) is 11.8 Å². The minimum absolute atomic E-state index is 0.0638. The first-order chi connectivity index (χ1) is 33.8. The van der Waals surface area contributed by atoms with Gasteiger partial charge in [0.15, 0.2) is 22.9 Å². The standard InChI is InChI=1S/2C26H21Cl2N3O4/c2*27-18-8-7-17-21(16-5-2-1-3-6-16)31-15-29(25(34)22-23(33)19(32)9-13-30(22)31)26(11-12-26)10-4-14-35-24(17)20(18)28/h2*1-10,13,21,33H,11-12,14-15H2/b2*10-4+/t2*21-/m10/s1. The van der Waals surface area contributed by atoms with E-state index in [-0.39, 0.29) is 49.8 Å². The number of rotatable bonds is 2. The van der Waals surface area contributed by atoms with E-state index in [1.54, 1.807) is 31.3 Å². The second-order valence-electron chi connectivity index (χ2n) is 17.9. The Hall–Kier alpha value is -6.84. The number of benzene rings is 4. The van der Waals surface area contributed by atoms with Gasteiger partial charge < -0.3 is 29.5 Å². The molecule has 4 aliphatic heterocycles. The van der Waals surface area contributed by atoms with Gasteiger partial charge in [0, 0.05) is 35.7 Å². The van der Waals surface area contributed by atoms with Crippen LogP contribution in [0.15, 0.2) is 143 Å². The lowest BCUT2D eigenvalue weighted by Gasteiger charge is -2.46. The molecule has 2 aliphatic carbocycles. The van der Waals surface area contributed by atoms with Crippen LogP contribution in [0.4, 0.5) is 0 Å². The van der Waals surface area contributed by atoms with Crippen LogP contribution in [-0.4, -0.2) is 78.8 Å². The van der Waals surface area contributed by atoms with Crippen molar-refractivity contribution in [2.75, 3.05) is 36.6 Å². The number of ether oxygens (including phenoxy) is 2. The molecular formula is C52H42Cl4N6O8. The Morgan fingerprint density at radius 2 is 0.900 bits per heavy atom. The summed E-state index contributed by atoms with van der Waals surface area (Å²) in [5.41, 5.74) is 0.933. The summed E-state index contributed by atoms with van der Waals surface area (Å²) >= 11 is 26.0. The fraction of sp³-hybridized carbons (Fsp3) is 0.231. The highest BCUT2D eigenvalue weighted by Gasteiger charge is 2.54. The third-order valence-corrected chi connectivity index (χ3v) is 15.4. The lowest BCUT2D eigenvalue weighted by Crippen LogP contribution is -2.58. The summed E-state index contributed by atoms with van der Waals surface area (Å²) in [4.78, 5) is 55.6. The van der Waals surface area contributed by atoms with Gasteiger partial charge in [-0.1, -0.05) is 131 Å². The smallest absolute Gasteiger partial charge is 0.278 e. The molecule has 2 atom stereocenters. The lowest BCUT2D eigenvalue weighted by molar-refractivity contribution is 0.0598. The van der Waals surface area contributed by atoms with Crippen molar-refractivity contribution in [2.45, 2.75) is 48.8 Å². The fourth-order valence-electron chi connectivity index (χ4n) is 9.99. The lowest BCUT2D eigenvalue weighted by atomic mass is 9.96. The number of carbonyl (C=O) groups is 2. The molecule has 70 heavy (non-hydrogen) atoms. The predicted octanol–water partition coefficient (Wildman–Crippen LogP) is 8.97. The number of aromatic hydroxyl groups is 2. The number of hydrogen-bond acceptors (Lipinski definition) is 10. The highest BCUT2D eigenvalue weighted by Crippen LogP contribution is 2.50. The van der Waals surface area contributed by atoms with E-state index < -0.39 is 45.5 Å². The number of carbonyl (C=O) groups excluding carboxylic acids is 2. The van der Waals surface area contributed by atoms with E-state index >= 15 is 0 Å². The van der Waals surface area contributed by atoms with E-state index in [1.165, 1.54) is 24.5 Å². The summed E-state index contributed by atoms with van der Waals surface area (Å²) < 4.78 is 15.5. The average molecular weight is 1020 g/mol. The van der Waals surface area contributed by atoms with E-state index in [1.807, 2.05) is 107 Å². The number of nitrogens with zero attached hydrogens (tertiary/aromatic N) is 6. The van der Waals surface area contributed by atoms with Gasteiger partial charge in [-0.05, 0) is 61.1 Å². The highest BCUT2D eigenvalue weighted by molar-refractivity contribution is 6.43. The molecule has 4 bridgehead atoms. The molecule has 2 amide bonds. The van der Waals surface area contributed by atoms with E-state index in [9.17, 15) is 29.4 Å². The molecule has 2 saturated carbocycles. The first kappa shape index (κ1) is 45.6. The Bertz CT molecular complexity index is 3080. The van der Waals surface area contributed by atoms with Gasteiger partial charge in [-0.15, -0.1) is 0 Å². The Morgan fingerprint density at radius 3 is 1.27 bits per heavy atom. The minimum atomic E-state index is -0.606. The van der Waals surface area contributed by atoms with Gasteiger partial charge in [0.05, 0.1) is 21.1 Å². The number of halogens is 4. The molecule has 356 valence electrons. The van der Waals surface area contributed by atoms with Gasteiger partial charge in [-0.2, -0.15) is 0 Å². The molecule has 2 fully saturated rings. The molecule has 6 aliphatic rings. The maximum atomic E-state index is 13.7. The summed E-state index contributed by atoms with van der Waals surface area (Å²) in [5, 5.41) is 26.7. The van der Waals surface area contributed by atoms with Crippen molar-refractivity contribution in [1.29, 1.82) is 0 Å². The van der Waals surface area contributed by atoms with Crippen LogP contribution in [0, 0.1) is 0 Å². The van der Waals surface area contributed by atoms with Crippen molar-refractivity contribution < 1.29 is 29.3 Å². The van der Waals surface area contributed by atoms with Crippen molar-refractivity contribution in [3.05, 3.63) is 208 Å². The van der Waals surface area contributed by atoms with Gasteiger partial charge in [-0.25, -0.2) is 0 Å². The number of aromatic nitrogens is 2. The predicted molar refractivity (Wildman–Crippen MR) is 266 cm³/mol. The number of amides is 2. The molecule has 2 N–H and O–H groups in total. The monoisotopic (exact) mass is 1020 g/mol. The molecule has 2 spiro atoms. The van der Waals surface area contributed by atoms with Crippen molar-refractivity contribution in [2.24, 2.45) is 0 Å². The zero-order valence-corrected chi connectivity index (χ0v) is 40.1. The van der Waals surface area contributed by atoms with Gasteiger partial charge >= 0.3 is 0 Å². The molecule has 6 heterocycles. The molecule has 0 saturated heterocycles. The number of pyridine rings is 2. The molecular weight excluding hydrogens is 978 g/mol. The fourth-order valence-corrected chi connectivity index (χ4v) is 10.7. The third kappa shape index (κ3) is 7.56. The molecule has 12 rings (SSSR count). The summed E-state index contributed by atoms with van der Waals surface area (Å²) in [6.07, 6.45) is 13.8. The quantitative estimate of drug-likeness (QED) is 0.161. The maximum absolute atomic E-state index is 13.7. The molecule has 6 aromatic rings. The van der Waals surface area contributed by atoms with Crippen LogP contribution in [0.25, 0.3) is 0 Å². The first-order valence-electron chi connectivity index (χ1n) is 22.6. The van der Waals surface area contributed by atoms with Crippen molar-refractivity contribution in [3.8, 4) is 23.0 Å². The number of hydrogen-bond donors (Lipinski definition) is 2. The normalized spacial score (nSPS) is 21.0. The largest absolute Gasteiger partial charge is 0.502 e. The van der Waals surface area contributed by atoms with Crippen LogP contribution >= 0.6 is 46.4 Å². The second-order valence-corrected chi connectivity index (χ2v) is 19.5. The molecule has 2 aromatic heterocycles. The summed E-state index contributed by atoms with van der Waals surface area (Å²) in [6, 6.07) is 28.2. The van der Waals surface area contributed by atoms with E-state index in [0.29, 0.717) is 31.6 Å². The zero-order chi connectivity index (χ0) is 48.6. The number of fused-ring (bicyclic) bond motifs is 12. The van der Waals surface area contributed by atoms with Gasteiger partial charge in [-0.3, -0.25) is 38.5 Å². The van der Waals surface area contributed by atoms with Crippen LogP contribution in [0.3, 0.4) is 0 Å². The van der Waals surface area contributed by atoms with E-state index in [0.717, 1.165) is 47.9 Å². The van der Waals surface area contributed by atoms with Crippen molar-refractivity contribution >= 4 is 58.2 Å². The maximum Gasteiger partial charge on any atom is 0.278 e. The summed E-state index contributed by atoms with van der Waals surface area (Å²) in [6.45, 7) is 0.929. The van der Waals surface area contributed by atoms with Gasteiger partial charge in [0.2, 0.25) is 10.9 Å².